The Hall–Kier alpha value is -4.22. The number of benzene rings is 3. The molecule has 0 bridgehead atoms. The maximum Gasteiger partial charge on any atom is 0.243 e. The summed E-state index contributed by atoms with van der Waals surface area (Å²) in [5.41, 5.74) is 1.69. The molecule has 0 spiro atoms. The van der Waals surface area contributed by atoms with Crippen LogP contribution in [0.25, 0.3) is 0 Å². The number of ketones is 1. The maximum atomic E-state index is 13.2. The summed E-state index contributed by atoms with van der Waals surface area (Å²) in [5, 5.41) is 6.11. The molecule has 1 saturated heterocycles. The molecule has 0 saturated carbocycles. The van der Waals surface area contributed by atoms with Crippen LogP contribution in [-0.4, -0.2) is 41.6 Å². The normalized spacial score (nSPS) is 14.6. The van der Waals surface area contributed by atoms with Crippen LogP contribution >= 0.6 is 0 Å². The third-order valence-electron chi connectivity index (χ3n) is 6.47. The van der Waals surface area contributed by atoms with Crippen molar-refractivity contribution < 1.29 is 22.0 Å². The lowest BCUT2D eigenvalue weighted by atomic mass is 9.90. The van der Waals surface area contributed by atoms with Gasteiger partial charge in [0.1, 0.15) is 17.5 Å². The van der Waals surface area contributed by atoms with E-state index < -0.39 is 15.8 Å². The van der Waals surface area contributed by atoms with Crippen LogP contribution in [0, 0.1) is 17.6 Å². The van der Waals surface area contributed by atoms with Crippen LogP contribution in [0.1, 0.15) is 23.2 Å². The van der Waals surface area contributed by atoms with Crippen molar-refractivity contribution in [2.24, 2.45) is 5.92 Å². The first kappa shape index (κ1) is 26.4. The Morgan fingerprint density at radius 2 is 1.36 bits per heavy atom. The molecule has 1 aliphatic heterocycles. The van der Waals surface area contributed by atoms with Gasteiger partial charge in [0.05, 0.1) is 4.90 Å². The van der Waals surface area contributed by atoms with Gasteiger partial charge in [-0.25, -0.2) is 22.2 Å². The molecule has 39 heavy (non-hydrogen) atoms. The number of carbonyl (C=O) groups is 1. The second-order valence-corrected chi connectivity index (χ2v) is 11.0. The van der Waals surface area contributed by atoms with Gasteiger partial charge in [-0.1, -0.05) is 0 Å². The molecule has 5 rings (SSSR count). The number of aromatic nitrogens is 2. The van der Waals surface area contributed by atoms with Gasteiger partial charge in [-0.05, 0) is 91.7 Å². The Bertz CT molecular complexity index is 1560. The predicted molar refractivity (Wildman–Crippen MR) is 144 cm³/mol. The topological polar surface area (TPSA) is 104 Å². The molecule has 200 valence electrons. The first-order chi connectivity index (χ1) is 18.8. The minimum atomic E-state index is -3.74. The number of nitrogens with zero attached hydrogens (tertiary/aromatic N) is 3. The first-order valence-corrected chi connectivity index (χ1v) is 13.7. The van der Waals surface area contributed by atoms with E-state index in [0.717, 1.165) is 0 Å². The zero-order chi connectivity index (χ0) is 27.4. The maximum absolute atomic E-state index is 13.2. The fraction of sp³-hybridized carbons (Fsp3) is 0.179. The quantitative estimate of drug-likeness (QED) is 0.279. The predicted octanol–water partition coefficient (Wildman–Crippen LogP) is 5.53. The molecule has 4 aromatic rings. The van der Waals surface area contributed by atoms with E-state index in [1.165, 1.54) is 52.8 Å². The largest absolute Gasteiger partial charge is 0.340 e. The van der Waals surface area contributed by atoms with E-state index in [9.17, 15) is 22.0 Å². The van der Waals surface area contributed by atoms with Gasteiger partial charge in [0.2, 0.25) is 16.0 Å². The summed E-state index contributed by atoms with van der Waals surface area (Å²) in [7, 11) is -3.74. The lowest BCUT2D eigenvalue weighted by molar-refractivity contribution is 0.0875. The van der Waals surface area contributed by atoms with Gasteiger partial charge in [-0.2, -0.15) is 9.29 Å². The minimum absolute atomic E-state index is 0.0957. The van der Waals surface area contributed by atoms with Crippen molar-refractivity contribution in [3.8, 4) is 0 Å². The van der Waals surface area contributed by atoms with E-state index in [1.807, 2.05) is 0 Å². The molecule has 1 fully saturated rings. The molecule has 2 heterocycles. The van der Waals surface area contributed by atoms with Gasteiger partial charge in [0, 0.05) is 42.1 Å². The molecule has 0 aliphatic carbocycles. The van der Waals surface area contributed by atoms with Gasteiger partial charge in [-0.3, -0.25) is 4.79 Å². The molecule has 2 N–H and O–H groups in total. The van der Waals surface area contributed by atoms with Gasteiger partial charge in [0.25, 0.3) is 0 Å². The second kappa shape index (κ2) is 11.3. The molecule has 0 radical (unpaired) electrons. The lowest BCUT2D eigenvalue weighted by Gasteiger charge is -2.30. The van der Waals surface area contributed by atoms with Crippen LogP contribution in [0.5, 0.6) is 0 Å². The zero-order valence-corrected chi connectivity index (χ0v) is 21.5. The Labute approximate surface area is 224 Å². The van der Waals surface area contributed by atoms with Crippen molar-refractivity contribution in [2.75, 3.05) is 23.7 Å². The number of Topliss-reactive ketones (excluding diaryl/α,β-unsaturated/α-hetero) is 1. The van der Waals surface area contributed by atoms with Crippen LogP contribution in [0.2, 0.25) is 0 Å². The smallest absolute Gasteiger partial charge is 0.243 e. The fourth-order valence-electron chi connectivity index (χ4n) is 4.37. The summed E-state index contributed by atoms with van der Waals surface area (Å²) in [4.78, 5) is 21.4. The highest BCUT2D eigenvalue weighted by Gasteiger charge is 2.32. The number of nitrogens with one attached hydrogen (secondary N) is 2. The summed E-state index contributed by atoms with van der Waals surface area (Å²) >= 11 is 0. The van der Waals surface area contributed by atoms with E-state index in [-0.39, 0.29) is 35.5 Å². The number of halogens is 2. The molecular formula is C28H25F2N5O3S. The van der Waals surface area contributed by atoms with Crippen LogP contribution < -0.4 is 10.6 Å². The molecule has 8 nitrogen and oxygen atoms in total. The average Bonchev–Trinajstić information content (AvgIpc) is 2.95. The van der Waals surface area contributed by atoms with Gasteiger partial charge in [-0.15, -0.1) is 0 Å². The first-order valence-electron chi connectivity index (χ1n) is 12.3. The monoisotopic (exact) mass is 549 g/mol. The number of hydrogen-bond donors (Lipinski definition) is 2. The van der Waals surface area contributed by atoms with Crippen LogP contribution in [0.3, 0.4) is 0 Å². The van der Waals surface area contributed by atoms with E-state index in [1.54, 1.807) is 36.5 Å². The van der Waals surface area contributed by atoms with Crippen molar-refractivity contribution in [1.29, 1.82) is 0 Å². The van der Waals surface area contributed by atoms with Crippen LogP contribution in [0.15, 0.2) is 90.0 Å². The summed E-state index contributed by atoms with van der Waals surface area (Å²) in [6, 6.07) is 19.2. The molecule has 0 amide bonds. The Morgan fingerprint density at radius 3 is 2.00 bits per heavy atom. The number of anilines is 4. The number of piperidine rings is 1. The van der Waals surface area contributed by atoms with Crippen molar-refractivity contribution in [3.05, 3.63) is 102 Å². The number of rotatable bonds is 8. The molecule has 1 aromatic heterocycles. The van der Waals surface area contributed by atoms with Gasteiger partial charge in [0.15, 0.2) is 5.78 Å². The molecule has 0 atom stereocenters. The third-order valence-corrected chi connectivity index (χ3v) is 8.39. The Morgan fingerprint density at radius 1 is 0.795 bits per heavy atom. The van der Waals surface area contributed by atoms with Crippen molar-refractivity contribution in [1.82, 2.24) is 14.3 Å². The average molecular weight is 550 g/mol. The van der Waals surface area contributed by atoms with Crippen molar-refractivity contribution in [3.63, 3.8) is 0 Å². The van der Waals surface area contributed by atoms with E-state index in [4.69, 9.17) is 0 Å². The highest BCUT2D eigenvalue weighted by atomic mass is 32.2. The van der Waals surface area contributed by atoms with Crippen molar-refractivity contribution in [2.45, 2.75) is 17.7 Å². The molecule has 1 aliphatic rings. The second-order valence-electron chi connectivity index (χ2n) is 9.10. The van der Waals surface area contributed by atoms with Crippen LogP contribution in [-0.2, 0) is 10.0 Å². The molecule has 3 aromatic carbocycles. The number of sulfonamides is 1. The van der Waals surface area contributed by atoms with Crippen LogP contribution in [0.4, 0.5) is 31.9 Å². The van der Waals surface area contributed by atoms with E-state index in [2.05, 4.69) is 20.6 Å². The summed E-state index contributed by atoms with van der Waals surface area (Å²) < 4.78 is 54.1. The van der Waals surface area contributed by atoms with E-state index >= 15 is 0 Å². The van der Waals surface area contributed by atoms with Crippen molar-refractivity contribution >= 4 is 38.9 Å². The van der Waals surface area contributed by atoms with Gasteiger partial charge < -0.3 is 10.6 Å². The highest BCUT2D eigenvalue weighted by Crippen LogP contribution is 2.27. The fourth-order valence-corrected chi connectivity index (χ4v) is 5.84. The summed E-state index contributed by atoms with van der Waals surface area (Å²) in [6.07, 6.45) is 2.36. The number of hydrogen-bond acceptors (Lipinski definition) is 7. The third kappa shape index (κ3) is 6.27. The SMILES string of the molecule is O=C(c1ccc(F)cc1)C1CCN(S(=O)(=O)c2ccc(Nc3nccc(Nc4ccc(F)cc4)n3)cc2)CC1. The Kier molecular flexibility index (Phi) is 7.62. The standard InChI is InChI=1S/C28H25F2N5O3S/c29-21-3-1-19(2-4-21)27(36)20-14-17-35(18-15-20)39(37,38)25-11-9-24(10-12-25)33-28-31-16-13-26(34-28)32-23-7-5-22(30)6-8-23/h1-13,16,20H,14-15,17-18H2,(H2,31,32,33,34). The lowest BCUT2D eigenvalue weighted by Crippen LogP contribution is -2.40. The number of carbonyl (C=O) groups excluding carboxylic acids is 1. The molecule has 0 unspecified atom stereocenters. The van der Waals surface area contributed by atoms with E-state index in [0.29, 0.717) is 41.5 Å². The highest BCUT2D eigenvalue weighted by molar-refractivity contribution is 7.89. The summed E-state index contributed by atoms with van der Waals surface area (Å²) in [6.45, 7) is 0.448. The zero-order valence-electron chi connectivity index (χ0n) is 20.7. The molecular weight excluding hydrogens is 524 g/mol. The summed E-state index contributed by atoms with van der Waals surface area (Å²) in [5.74, 6) is -0.347. The molecule has 11 heteroatoms. The Balaban J connectivity index is 1.20. The minimum Gasteiger partial charge on any atom is -0.340 e. The van der Waals surface area contributed by atoms with Gasteiger partial charge >= 0.3 is 0 Å².